The highest BCUT2D eigenvalue weighted by Gasteiger charge is 2.14. The minimum Gasteiger partial charge on any atom is -0.480 e. The zero-order valence-electron chi connectivity index (χ0n) is 10.5. The van der Waals surface area contributed by atoms with Gasteiger partial charge in [-0.15, -0.1) is 0 Å². The number of ether oxygens (including phenoxy) is 1. The second-order valence-electron chi connectivity index (χ2n) is 4.55. The summed E-state index contributed by atoms with van der Waals surface area (Å²) in [5.41, 5.74) is 1.01. The van der Waals surface area contributed by atoms with Gasteiger partial charge in [0.25, 0.3) is 0 Å². The normalized spacial score (nSPS) is 16.1. The number of hydrogen-bond acceptors (Lipinski definition) is 3. The van der Waals surface area contributed by atoms with Crippen LogP contribution in [0.2, 0.25) is 0 Å². The number of anilines is 1. The minimum absolute atomic E-state index is 0.287. The first kappa shape index (κ1) is 12.7. The van der Waals surface area contributed by atoms with E-state index in [-0.39, 0.29) is 6.61 Å². The van der Waals surface area contributed by atoms with Crippen LogP contribution >= 0.6 is 0 Å². The van der Waals surface area contributed by atoms with Crippen molar-refractivity contribution in [1.82, 2.24) is 0 Å². The molecule has 0 saturated carbocycles. The van der Waals surface area contributed by atoms with Gasteiger partial charge in [0.15, 0.2) is 6.61 Å². The SMILES string of the molecule is O=C(O)COc1ccccc1N1CCCCCC1. The van der Waals surface area contributed by atoms with E-state index in [1.165, 1.54) is 25.7 Å². The Morgan fingerprint density at radius 2 is 1.83 bits per heavy atom. The van der Waals surface area contributed by atoms with Crippen molar-refractivity contribution in [2.24, 2.45) is 0 Å². The maximum atomic E-state index is 10.6. The molecule has 1 N–H and O–H groups in total. The van der Waals surface area contributed by atoms with Crippen LogP contribution in [0.5, 0.6) is 5.75 Å². The molecule has 4 heteroatoms. The lowest BCUT2D eigenvalue weighted by atomic mass is 10.2. The van der Waals surface area contributed by atoms with Crippen LogP contribution in [-0.4, -0.2) is 30.8 Å². The second-order valence-corrected chi connectivity index (χ2v) is 4.55. The predicted octanol–water partition coefficient (Wildman–Crippen LogP) is 2.53. The lowest BCUT2D eigenvalue weighted by Crippen LogP contribution is -2.24. The van der Waals surface area contributed by atoms with Crippen molar-refractivity contribution in [1.29, 1.82) is 0 Å². The van der Waals surface area contributed by atoms with Crippen molar-refractivity contribution >= 4 is 11.7 Å². The molecule has 0 amide bonds. The Labute approximate surface area is 107 Å². The van der Waals surface area contributed by atoms with Crippen LogP contribution in [-0.2, 0) is 4.79 Å². The van der Waals surface area contributed by atoms with Crippen LogP contribution in [0.1, 0.15) is 25.7 Å². The molecule has 1 heterocycles. The summed E-state index contributed by atoms with van der Waals surface area (Å²) in [4.78, 5) is 12.9. The Morgan fingerprint density at radius 1 is 1.17 bits per heavy atom. The Bertz CT molecular complexity index is 398. The van der Waals surface area contributed by atoms with Gasteiger partial charge >= 0.3 is 5.97 Å². The van der Waals surface area contributed by atoms with Crippen LogP contribution in [0.3, 0.4) is 0 Å². The largest absolute Gasteiger partial charge is 0.480 e. The molecule has 18 heavy (non-hydrogen) atoms. The molecule has 1 fully saturated rings. The summed E-state index contributed by atoms with van der Waals surface area (Å²) in [6.07, 6.45) is 4.92. The standard InChI is InChI=1S/C14H19NO3/c16-14(17)11-18-13-8-4-3-7-12(13)15-9-5-1-2-6-10-15/h3-4,7-8H,1-2,5-6,9-11H2,(H,16,17). The van der Waals surface area contributed by atoms with Gasteiger partial charge in [-0.1, -0.05) is 25.0 Å². The molecule has 0 aromatic heterocycles. The van der Waals surface area contributed by atoms with E-state index in [2.05, 4.69) is 4.90 Å². The molecule has 0 radical (unpaired) electrons. The molecule has 0 bridgehead atoms. The first-order valence-electron chi connectivity index (χ1n) is 6.46. The van der Waals surface area contributed by atoms with Gasteiger partial charge in [0, 0.05) is 13.1 Å². The minimum atomic E-state index is -0.944. The first-order chi connectivity index (χ1) is 8.77. The van der Waals surface area contributed by atoms with E-state index in [1.807, 2.05) is 24.3 Å². The van der Waals surface area contributed by atoms with Crippen LogP contribution in [0, 0.1) is 0 Å². The predicted molar refractivity (Wildman–Crippen MR) is 70.3 cm³/mol. The molecule has 98 valence electrons. The molecular formula is C14H19NO3. The summed E-state index contributed by atoms with van der Waals surface area (Å²) >= 11 is 0. The summed E-state index contributed by atoms with van der Waals surface area (Å²) < 4.78 is 5.35. The summed E-state index contributed by atoms with van der Waals surface area (Å²) in [6.45, 7) is 1.76. The van der Waals surface area contributed by atoms with Gasteiger partial charge < -0.3 is 14.7 Å². The average molecular weight is 249 g/mol. The lowest BCUT2D eigenvalue weighted by molar-refractivity contribution is -0.139. The first-order valence-corrected chi connectivity index (χ1v) is 6.46. The number of carboxylic acid groups (broad SMARTS) is 1. The van der Waals surface area contributed by atoms with Gasteiger partial charge in [-0.3, -0.25) is 0 Å². The molecule has 1 saturated heterocycles. The van der Waals surface area contributed by atoms with E-state index < -0.39 is 5.97 Å². The number of carboxylic acids is 1. The molecular weight excluding hydrogens is 230 g/mol. The summed E-state index contributed by atoms with van der Waals surface area (Å²) in [5.74, 6) is -0.275. The van der Waals surface area contributed by atoms with Crippen molar-refractivity contribution in [3.8, 4) is 5.75 Å². The maximum Gasteiger partial charge on any atom is 0.341 e. The highest BCUT2D eigenvalue weighted by atomic mass is 16.5. The van der Waals surface area contributed by atoms with Gasteiger partial charge in [0.05, 0.1) is 5.69 Å². The van der Waals surface area contributed by atoms with Crippen LogP contribution in [0.25, 0.3) is 0 Å². The average Bonchev–Trinajstić information content (AvgIpc) is 2.65. The van der Waals surface area contributed by atoms with E-state index >= 15 is 0 Å². The quantitative estimate of drug-likeness (QED) is 0.890. The van der Waals surface area contributed by atoms with Crippen molar-refractivity contribution in [2.45, 2.75) is 25.7 Å². The number of carbonyl (C=O) groups is 1. The third kappa shape index (κ3) is 3.39. The third-order valence-electron chi connectivity index (χ3n) is 3.16. The number of nitrogens with zero attached hydrogens (tertiary/aromatic N) is 1. The maximum absolute atomic E-state index is 10.6. The molecule has 1 aromatic carbocycles. The van der Waals surface area contributed by atoms with Crippen molar-refractivity contribution in [3.63, 3.8) is 0 Å². The number of aliphatic carboxylic acids is 1. The summed E-state index contributed by atoms with van der Waals surface area (Å²) in [7, 11) is 0. The zero-order valence-corrected chi connectivity index (χ0v) is 10.5. The monoisotopic (exact) mass is 249 g/mol. The van der Waals surface area contributed by atoms with E-state index in [1.54, 1.807) is 0 Å². The van der Waals surface area contributed by atoms with Gasteiger partial charge in [-0.2, -0.15) is 0 Å². The Morgan fingerprint density at radius 3 is 2.50 bits per heavy atom. The topological polar surface area (TPSA) is 49.8 Å². The molecule has 1 aliphatic rings. The Balaban J connectivity index is 2.12. The zero-order chi connectivity index (χ0) is 12.8. The fourth-order valence-electron chi connectivity index (χ4n) is 2.29. The van der Waals surface area contributed by atoms with E-state index in [0.29, 0.717) is 5.75 Å². The number of rotatable bonds is 4. The van der Waals surface area contributed by atoms with Crippen LogP contribution in [0.15, 0.2) is 24.3 Å². The van der Waals surface area contributed by atoms with Crippen LogP contribution in [0.4, 0.5) is 5.69 Å². The van der Waals surface area contributed by atoms with Gasteiger partial charge in [0.1, 0.15) is 5.75 Å². The van der Waals surface area contributed by atoms with Gasteiger partial charge in [0.2, 0.25) is 0 Å². The molecule has 2 rings (SSSR count). The molecule has 0 atom stereocenters. The molecule has 4 nitrogen and oxygen atoms in total. The highest BCUT2D eigenvalue weighted by molar-refractivity contribution is 5.69. The molecule has 1 aromatic rings. The smallest absolute Gasteiger partial charge is 0.341 e. The van der Waals surface area contributed by atoms with Gasteiger partial charge in [-0.25, -0.2) is 4.79 Å². The number of benzene rings is 1. The van der Waals surface area contributed by atoms with Crippen molar-refractivity contribution in [3.05, 3.63) is 24.3 Å². The van der Waals surface area contributed by atoms with E-state index in [9.17, 15) is 4.79 Å². The molecule has 0 spiro atoms. The van der Waals surface area contributed by atoms with Crippen LogP contribution < -0.4 is 9.64 Å². The van der Waals surface area contributed by atoms with E-state index in [4.69, 9.17) is 9.84 Å². The summed E-state index contributed by atoms with van der Waals surface area (Å²) in [6, 6.07) is 7.68. The van der Waals surface area contributed by atoms with Crippen molar-refractivity contribution < 1.29 is 14.6 Å². The highest BCUT2D eigenvalue weighted by Crippen LogP contribution is 2.29. The van der Waals surface area contributed by atoms with Gasteiger partial charge in [-0.05, 0) is 25.0 Å². The fraction of sp³-hybridized carbons (Fsp3) is 0.500. The molecule has 0 unspecified atom stereocenters. The lowest BCUT2D eigenvalue weighted by Gasteiger charge is -2.24. The molecule has 1 aliphatic heterocycles. The second kappa shape index (κ2) is 6.28. The Hall–Kier alpha value is -1.71. The fourth-order valence-corrected chi connectivity index (χ4v) is 2.29. The molecule has 0 aliphatic carbocycles. The number of hydrogen-bond donors (Lipinski definition) is 1. The third-order valence-corrected chi connectivity index (χ3v) is 3.16. The van der Waals surface area contributed by atoms with E-state index in [0.717, 1.165) is 18.8 Å². The summed E-state index contributed by atoms with van der Waals surface area (Å²) in [5, 5.41) is 8.68. The number of para-hydroxylation sites is 2. The Kier molecular flexibility index (Phi) is 4.45. The van der Waals surface area contributed by atoms with Crippen molar-refractivity contribution in [2.75, 3.05) is 24.6 Å².